The molecule has 0 aliphatic carbocycles. The Morgan fingerprint density at radius 3 is 2.74 bits per heavy atom. The second kappa shape index (κ2) is 6.39. The van der Waals surface area contributed by atoms with Crippen LogP contribution in [0.15, 0.2) is 41.9 Å². The van der Waals surface area contributed by atoms with Crippen molar-refractivity contribution >= 4 is 23.5 Å². The molecule has 0 saturated heterocycles. The number of anilines is 1. The highest BCUT2D eigenvalue weighted by molar-refractivity contribution is 6.30. The van der Waals surface area contributed by atoms with E-state index >= 15 is 0 Å². The summed E-state index contributed by atoms with van der Waals surface area (Å²) in [4.78, 5) is 16.5. The molecule has 0 amide bonds. The molecule has 0 radical (unpaired) electrons. The van der Waals surface area contributed by atoms with Crippen molar-refractivity contribution in [3.05, 3.63) is 52.4 Å². The minimum absolute atomic E-state index is 0.224. The number of halogens is 1. The quantitative estimate of drug-likeness (QED) is 0.862. The molecular formula is C15H15ClN4O3. The summed E-state index contributed by atoms with van der Waals surface area (Å²) in [5, 5.41) is 7.91. The minimum atomic E-state index is -0.469. The van der Waals surface area contributed by atoms with Gasteiger partial charge in [0.25, 0.3) is 0 Å². The number of ether oxygens (including phenoxy) is 2. The minimum Gasteiger partial charge on any atom is -0.466 e. The van der Waals surface area contributed by atoms with E-state index in [0.717, 1.165) is 5.56 Å². The summed E-state index contributed by atoms with van der Waals surface area (Å²) in [6.07, 6.45) is 1.43. The van der Waals surface area contributed by atoms with Crippen molar-refractivity contribution in [3.8, 4) is 0 Å². The number of nitrogens with zero attached hydrogens (tertiary/aromatic N) is 3. The Bertz CT molecular complexity index is 754. The maximum atomic E-state index is 12.4. The van der Waals surface area contributed by atoms with E-state index in [9.17, 15) is 4.79 Å². The van der Waals surface area contributed by atoms with Gasteiger partial charge in [-0.05, 0) is 17.7 Å². The van der Waals surface area contributed by atoms with Gasteiger partial charge in [0.1, 0.15) is 12.4 Å². The van der Waals surface area contributed by atoms with E-state index in [0.29, 0.717) is 22.2 Å². The topological polar surface area (TPSA) is 78.3 Å². The van der Waals surface area contributed by atoms with Crippen LogP contribution in [0, 0.1) is 0 Å². The van der Waals surface area contributed by atoms with Crippen molar-refractivity contribution < 1.29 is 14.3 Å². The Morgan fingerprint density at radius 1 is 1.35 bits per heavy atom. The highest BCUT2D eigenvalue weighted by atomic mass is 35.5. The number of benzene rings is 1. The van der Waals surface area contributed by atoms with Gasteiger partial charge in [-0.1, -0.05) is 23.7 Å². The van der Waals surface area contributed by atoms with E-state index in [2.05, 4.69) is 15.4 Å². The molecule has 120 valence electrons. The summed E-state index contributed by atoms with van der Waals surface area (Å²) in [7, 11) is 2.90. The van der Waals surface area contributed by atoms with Crippen molar-refractivity contribution in [1.82, 2.24) is 14.8 Å². The van der Waals surface area contributed by atoms with Crippen LogP contribution >= 0.6 is 11.6 Å². The lowest BCUT2D eigenvalue weighted by molar-refractivity contribution is -0.136. The zero-order chi connectivity index (χ0) is 16.4. The molecule has 1 aliphatic rings. The number of carbonyl (C=O) groups excluding carboxylic acids is 1. The maximum absolute atomic E-state index is 12.4. The third kappa shape index (κ3) is 2.80. The average molecular weight is 335 g/mol. The van der Waals surface area contributed by atoms with Crippen molar-refractivity contribution in [2.45, 2.75) is 6.04 Å². The lowest BCUT2D eigenvalue weighted by Crippen LogP contribution is -2.31. The first kappa shape index (κ1) is 15.5. The molecule has 23 heavy (non-hydrogen) atoms. The molecule has 8 heteroatoms. The predicted molar refractivity (Wildman–Crippen MR) is 84.2 cm³/mol. The number of rotatable bonds is 4. The fraction of sp³-hybridized carbons (Fsp3) is 0.267. The molecule has 1 aromatic carbocycles. The van der Waals surface area contributed by atoms with Crippen molar-refractivity contribution in [2.75, 3.05) is 26.1 Å². The standard InChI is InChI=1S/C15H15ClN4O3/c1-22-7-11-12(14(21)23-2)13(9-3-5-10(16)6-4-9)20-15(19-11)17-8-18-20/h3-6,8,13H,7H2,1-2H3,(H,17,18,19)/t13-/m0/s1. The summed E-state index contributed by atoms with van der Waals surface area (Å²) >= 11 is 5.96. The molecule has 7 nitrogen and oxygen atoms in total. The van der Waals surface area contributed by atoms with E-state index in [1.54, 1.807) is 23.9 Å². The number of nitrogens with one attached hydrogen (secondary N) is 1. The highest BCUT2D eigenvalue weighted by Gasteiger charge is 2.35. The first-order chi connectivity index (χ1) is 11.2. The molecule has 0 spiro atoms. The molecule has 1 aromatic heterocycles. The van der Waals surface area contributed by atoms with Gasteiger partial charge in [0.05, 0.1) is 25.0 Å². The van der Waals surface area contributed by atoms with Crippen LogP contribution in [0.5, 0.6) is 0 Å². The fourth-order valence-electron chi connectivity index (χ4n) is 2.57. The lowest BCUT2D eigenvalue weighted by Gasteiger charge is -2.28. The Labute approximate surface area is 137 Å². The van der Waals surface area contributed by atoms with Crippen LogP contribution < -0.4 is 5.32 Å². The molecule has 1 aliphatic heterocycles. The van der Waals surface area contributed by atoms with Crippen LogP contribution in [0.25, 0.3) is 0 Å². The molecule has 0 fully saturated rings. The van der Waals surface area contributed by atoms with Gasteiger partial charge in [0.2, 0.25) is 5.95 Å². The number of hydrogen-bond donors (Lipinski definition) is 1. The maximum Gasteiger partial charge on any atom is 0.338 e. The Kier molecular flexibility index (Phi) is 4.31. The summed E-state index contributed by atoms with van der Waals surface area (Å²) < 4.78 is 11.8. The molecule has 0 saturated carbocycles. The van der Waals surface area contributed by atoms with Crippen LogP contribution in [-0.2, 0) is 14.3 Å². The molecule has 2 heterocycles. The number of carbonyl (C=O) groups is 1. The number of hydrogen-bond acceptors (Lipinski definition) is 6. The van der Waals surface area contributed by atoms with Crippen LogP contribution in [-0.4, -0.2) is 41.6 Å². The van der Waals surface area contributed by atoms with Crippen LogP contribution in [0.1, 0.15) is 11.6 Å². The first-order valence-electron chi connectivity index (χ1n) is 6.88. The summed E-state index contributed by atoms with van der Waals surface area (Å²) in [5.74, 6) is 0.0790. The van der Waals surface area contributed by atoms with E-state index in [-0.39, 0.29) is 6.61 Å². The summed E-state index contributed by atoms with van der Waals surface area (Å²) in [6.45, 7) is 0.224. The molecular weight excluding hydrogens is 320 g/mol. The highest BCUT2D eigenvalue weighted by Crippen LogP contribution is 2.35. The Morgan fingerprint density at radius 2 is 2.09 bits per heavy atom. The molecule has 2 aromatic rings. The molecule has 0 unspecified atom stereocenters. The predicted octanol–water partition coefficient (Wildman–Crippen LogP) is 2.02. The zero-order valence-electron chi connectivity index (χ0n) is 12.6. The zero-order valence-corrected chi connectivity index (χ0v) is 13.4. The smallest absolute Gasteiger partial charge is 0.338 e. The summed E-state index contributed by atoms with van der Waals surface area (Å²) in [5.41, 5.74) is 1.87. The molecule has 1 atom stereocenters. The largest absolute Gasteiger partial charge is 0.466 e. The fourth-order valence-corrected chi connectivity index (χ4v) is 2.70. The van der Waals surface area contributed by atoms with Crippen molar-refractivity contribution in [1.29, 1.82) is 0 Å². The van der Waals surface area contributed by atoms with Crippen LogP contribution in [0.3, 0.4) is 0 Å². The van der Waals surface area contributed by atoms with Gasteiger partial charge in [-0.3, -0.25) is 0 Å². The molecule has 3 rings (SSSR count). The third-order valence-corrected chi connectivity index (χ3v) is 3.81. The van der Waals surface area contributed by atoms with Crippen LogP contribution in [0.4, 0.5) is 5.95 Å². The van der Waals surface area contributed by atoms with E-state index < -0.39 is 12.0 Å². The van der Waals surface area contributed by atoms with Crippen LogP contribution in [0.2, 0.25) is 5.02 Å². The van der Waals surface area contributed by atoms with Gasteiger partial charge in [-0.25, -0.2) is 9.48 Å². The Hall–Kier alpha value is -2.38. The SMILES string of the molecule is COCC1=C(C(=O)OC)[C@H](c2ccc(Cl)cc2)n2ncnc2N1. The molecule has 0 bridgehead atoms. The number of fused-ring (bicyclic) bond motifs is 1. The monoisotopic (exact) mass is 334 g/mol. The molecule has 1 N–H and O–H groups in total. The number of esters is 1. The van der Waals surface area contributed by atoms with E-state index in [1.807, 2.05) is 12.1 Å². The van der Waals surface area contributed by atoms with Gasteiger partial charge in [0.15, 0.2) is 0 Å². The van der Waals surface area contributed by atoms with Gasteiger partial charge < -0.3 is 14.8 Å². The third-order valence-electron chi connectivity index (χ3n) is 3.56. The first-order valence-corrected chi connectivity index (χ1v) is 7.25. The lowest BCUT2D eigenvalue weighted by atomic mass is 9.95. The van der Waals surface area contributed by atoms with Crippen molar-refractivity contribution in [2.24, 2.45) is 0 Å². The Balaban J connectivity index is 2.18. The second-order valence-electron chi connectivity index (χ2n) is 4.92. The summed E-state index contributed by atoms with van der Waals surface area (Å²) in [6, 6.07) is 6.75. The number of methoxy groups -OCH3 is 2. The van der Waals surface area contributed by atoms with Gasteiger partial charge in [0, 0.05) is 12.1 Å². The van der Waals surface area contributed by atoms with Gasteiger partial charge >= 0.3 is 5.97 Å². The van der Waals surface area contributed by atoms with E-state index in [4.69, 9.17) is 21.1 Å². The van der Waals surface area contributed by atoms with Crippen molar-refractivity contribution in [3.63, 3.8) is 0 Å². The van der Waals surface area contributed by atoms with Gasteiger partial charge in [-0.15, -0.1) is 0 Å². The van der Waals surface area contributed by atoms with E-state index in [1.165, 1.54) is 13.4 Å². The average Bonchev–Trinajstić information content (AvgIpc) is 3.02. The normalized spacial score (nSPS) is 16.7. The number of aromatic nitrogens is 3. The second-order valence-corrected chi connectivity index (χ2v) is 5.36. The van der Waals surface area contributed by atoms with Gasteiger partial charge in [-0.2, -0.15) is 10.1 Å².